The van der Waals surface area contributed by atoms with Crippen LogP contribution < -0.4 is 5.32 Å². The van der Waals surface area contributed by atoms with Crippen molar-refractivity contribution in [3.05, 3.63) is 64.9 Å². The molecule has 0 aliphatic rings. The molecule has 1 heterocycles. The molecule has 0 radical (unpaired) electrons. The minimum atomic E-state index is -0.381. The van der Waals surface area contributed by atoms with Crippen LogP contribution in [0.2, 0.25) is 5.02 Å². The molecule has 0 aliphatic carbocycles. The van der Waals surface area contributed by atoms with Crippen LogP contribution in [-0.4, -0.2) is 27.5 Å². The highest BCUT2D eigenvalue weighted by Crippen LogP contribution is 2.21. The Labute approximate surface area is 174 Å². The number of para-hydroxylation sites is 2. The van der Waals surface area contributed by atoms with E-state index in [0.29, 0.717) is 10.8 Å². The van der Waals surface area contributed by atoms with Crippen LogP contribution >= 0.6 is 11.6 Å². The van der Waals surface area contributed by atoms with E-state index in [0.717, 1.165) is 16.6 Å². The second-order valence-electron chi connectivity index (χ2n) is 7.18. The van der Waals surface area contributed by atoms with Crippen molar-refractivity contribution in [3.8, 4) is 0 Å². The summed E-state index contributed by atoms with van der Waals surface area (Å²) in [4.78, 5) is 29.4. The van der Waals surface area contributed by atoms with Crippen LogP contribution in [0.5, 0.6) is 0 Å². The number of carbonyl (C=O) groups excluding carboxylic acids is 2. The van der Waals surface area contributed by atoms with Crippen molar-refractivity contribution >= 4 is 34.5 Å². The van der Waals surface area contributed by atoms with Crippen LogP contribution in [-0.2, 0) is 27.3 Å². The second-order valence-corrected chi connectivity index (χ2v) is 7.61. The minimum Gasteiger partial charge on any atom is -0.462 e. The van der Waals surface area contributed by atoms with Crippen LogP contribution in [0.1, 0.15) is 38.2 Å². The fraction of sp³-hybridized carbons (Fsp3) is 0.318. The third-order valence-electron chi connectivity index (χ3n) is 4.38. The highest BCUT2D eigenvalue weighted by Gasteiger charge is 2.21. The molecule has 29 heavy (non-hydrogen) atoms. The molecular weight excluding hydrogens is 390 g/mol. The predicted octanol–water partition coefficient (Wildman–Crippen LogP) is 4.06. The van der Waals surface area contributed by atoms with Crippen LogP contribution in [0.25, 0.3) is 11.0 Å². The molecule has 0 bridgehead atoms. The van der Waals surface area contributed by atoms with Gasteiger partial charge >= 0.3 is 5.97 Å². The van der Waals surface area contributed by atoms with Crippen molar-refractivity contribution < 1.29 is 14.3 Å². The van der Waals surface area contributed by atoms with E-state index in [4.69, 9.17) is 16.3 Å². The van der Waals surface area contributed by atoms with Crippen LogP contribution in [0, 0.1) is 0 Å². The predicted molar refractivity (Wildman–Crippen MR) is 113 cm³/mol. The summed E-state index contributed by atoms with van der Waals surface area (Å²) >= 11 is 5.89. The summed E-state index contributed by atoms with van der Waals surface area (Å²) in [6.45, 7) is 5.51. The van der Waals surface area contributed by atoms with Crippen molar-refractivity contribution in [2.75, 3.05) is 0 Å². The number of carbonyl (C=O) groups is 2. The summed E-state index contributed by atoms with van der Waals surface area (Å²) < 4.78 is 7.09. The number of hydrogen-bond acceptors (Lipinski definition) is 4. The van der Waals surface area contributed by atoms with Gasteiger partial charge in [-0.2, -0.15) is 0 Å². The highest BCUT2D eigenvalue weighted by molar-refractivity contribution is 6.30. The van der Waals surface area contributed by atoms with Gasteiger partial charge in [-0.25, -0.2) is 4.98 Å². The number of hydrogen-bond donors (Lipinski definition) is 1. The van der Waals surface area contributed by atoms with E-state index in [2.05, 4.69) is 10.3 Å². The third-order valence-corrected chi connectivity index (χ3v) is 4.63. The van der Waals surface area contributed by atoms with E-state index >= 15 is 0 Å². The van der Waals surface area contributed by atoms with Gasteiger partial charge in [-0.15, -0.1) is 0 Å². The van der Waals surface area contributed by atoms with E-state index in [-0.39, 0.29) is 37.0 Å². The monoisotopic (exact) mass is 413 g/mol. The summed E-state index contributed by atoms with van der Waals surface area (Å²) in [6, 6.07) is 14.3. The molecule has 7 heteroatoms. The van der Waals surface area contributed by atoms with E-state index in [1.54, 1.807) is 16.7 Å². The van der Waals surface area contributed by atoms with Gasteiger partial charge in [0.25, 0.3) is 0 Å². The molecule has 1 atom stereocenters. The number of nitrogens with one attached hydrogen (secondary N) is 1. The maximum Gasteiger partial charge on any atom is 0.326 e. The number of fused-ring (bicyclic) bond motifs is 1. The fourth-order valence-electron chi connectivity index (χ4n) is 3.16. The lowest BCUT2D eigenvalue weighted by Crippen LogP contribution is -2.30. The lowest BCUT2D eigenvalue weighted by molar-refractivity contribution is -0.148. The fourth-order valence-corrected chi connectivity index (χ4v) is 3.29. The summed E-state index contributed by atoms with van der Waals surface area (Å²) in [5.41, 5.74) is 2.45. The summed E-state index contributed by atoms with van der Waals surface area (Å²) in [7, 11) is 0. The van der Waals surface area contributed by atoms with Crippen LogP contribution in [0.4, 0.5) is 0 Å². The molecule has 3 aromatic rings. The number of esters is 1. The van der Waals surface area contributed by atoms with Gasteiger partial charge in [-0.3, -0.25) is 9.59 Å². The van der Waals surface area contributed by atoms with Gasteiger partial charge in [-0.1, -0.05) is 35.9 Å². The number of halogens is 1. The maximum atomic E-state index is 12.5. The van der Waals surface area contributed by atoms with Gasteiger partial charge in [0.2, 0.25) is 5.91 Å². The number of ether oxygens (including phenoxy) is 1. The zero-order chi connectivity index (χ0) is 21.0. The van der Waals surface area contributed by atoms with Crippen LogP contribution in [0.15, 0.2) is 48.5 Å². The average Bonchev–Trinajstić information content (AvgIpc) is 3.01. The first-order valence-electron chi connectivity index (χ1n) is 9.52. The lowest BCUT2D eigenvalue weighted by Gasteiger charge is -2.17. The molecule has 3 rings (SSSR count). The Balaban J connectivity index is 1.79. The molecule has 1 N–H and O–H groups in total. The normalized spacial score (nSPS) is 12.2. The molecule has 1 unspecified atom stereocenters. The minimum absolute atomic E-state index is 0.0332. The molecule has 0 spiro atoms. The molecule has 6 nitrogen and oxygen atoms in total. The average molecular weight is 414 g/mol. The summed E-state index contributed by atoms with van der Waals surface area (Å²) in [5.74, 6) is 0.128. The Morgan fingerprint density at radius 2 is 1.79 bits per heavy atom. The highest BCUT2D eigenvalue weighted by atomic mass is 35.5. The van der Waals surface area contributed by atoms with E-state index in [1.165, 1.54) is 0 Å². The van der Waals surface area contributed by atoms with Gasteiger partial charge in [0, 0.05) is 5.02 Å². The summed E-state index contributed by atoms with van der Waals surface area (Å²) in [6.07, 6.45) is 0.0363. The third kappa shape index (κ3) is 5.35. The Bertz CT molecular complexity index is 1010. The van der Waals surface area contributed by atoms with Crippen molar-refractivity contribution in [3.63, 3.8) is 0 Å². The van der Waals surface area contributed by atoms with Gasteiger partial charge in [0.1, 0.15) is 12.4 Å². The number of benzene rings is 2. The zero-order valence-corrected chi connectivity index (χ0v) is 17.4. The van der Waals surface area contributed by atoms with Gasteiger partial charge in [0.05, 0.1) is 29.6 Å². The molecule has 0 saturated carbocycles. The standard InChI is InChI=1S/C22H24ClN3O3/c1-14(2)29-21(28)13-26-19-7-5-4-6-18(19)25-22(26)15(3)24-20(27)12-16-8-10-17(23)11-9-16/h4-11,14-15H,12-13H2,1-3H3,(H,24,27). The van der Waals surface area contributed by atoms with Crippen molar-refractivity contribution in [1.29, 1.82) is 0 Å². The smallest absolute Gasteiger partial charge is 0.326 e. The quantitative estimate of drug-likeness (QED) is 0.593. The summed E-state index contributed by atoms with van der Waals surface area (Å²) in [5, 5.41) is 3.60. The molecule has 152 valence electrons. The SMILES string of the molecule is CC(C)OC(=O)Cn1c(C(C)NC(=O)Cc2ccc(Cl)cc2)nc2ccccc21. The number of imidazole rings is 1. The molecule has 1 aromatic heterocycles. The molecule has 0 saturated heterocycles. The molecule has 0 aliphatic heterocycles. The Morgan fingerprint density at radius 1 is 1.10 bits per heavy atom. The van der Waals surface area contributed by atoms with Crippen LogP contribution in [0.3, 0.4) is 0 Å². The Morgan fingerprint density at radius 3 is 2.48 bits per heavy atom. The molecule has 1 amide bonds. The van der Waals surface area contributed by atoms with Crippen molar-refractivity contribution in [1.82, 2.24) is 14.9 Å². The zero-order valence-electron chi connectivity index (χ0n) is 16.7. The first-order valence-corrected chi connectivity index (χ1v) is 9.89. The van der Waals surface area contributed by atoms with Gasteiger partial charge < -0.3 is 14.6 Å². The number of rotatable bonds is 7. The second kappa shape index (κ2) is 9.09. The molecule has 2 aromatic carbocycles. The van der Waals surface area contributed by atoms with Crippen molar-refractivity contribution in [2.45, 2.75) is 45.9 Å². The van der Waals surface area contributed by atoms with E-state index in [9.17, 15) is 9.59 Å². The lowest BCUT2D eigenvalue weighted by atomic mass is 10.1. The Hall–Kier alpha value is -2.86. The molecular formula is C22H24ClN3O3. The van der Waals surface area contributed by atoms with Gasteiger partial charge in [0.15, 0.2) is 0 Å². The molecule has 0 fully saturated rings. The maximum absolute atomic E-state index is 12.5. The van der Waals surface area contributed by atoms with Gasteiger partial charge in [-0.05, 0) is 50.6 Å². The largest absolute Gasteiger partial charge is 0.462 e. The van der Waals surface area contributed by atoms with E-state index in [1.807, 2.05) is 57.2 Å². The first kappa shape index (κ1) is 20.9. The topological polar surface area (TPSA) is 73.2 Å². The number of aromatic nitrogens is 2. The Kier molecular flexibility index (Phi) is 6.54. The van der Waals surface area contributed by atoms with Crippen molar-refractivity contribution in [2.24, 2.45) is 0 Å². The number of nitrogens with zero attached hydrogens (tertiary/aromatic N) is 2. The number of amides is 1. The van der Waals surface area contributed by atoms with E-state index < -0.39 is 0 Å². The first-order chi connectivity index (χ1) is 13.8.